The molecule has 1 amide bonds. The molecule has 0 aliphatic carbocycles. The van der Waals surface area contributed by atoms with Gasteiger partial charge >= 0.3 is 0 Å². The zero-order valence-corrected chi connectivity index (χ0v) is 19.7. The van der Waals surface area contributed by atoms with Crippen LogP contribution >= 0.6 is 23.1 Å². The fourth-order valence-corrected chi connectivity index (χ4v) is 6.11. The number of amides is 1. The van der Waals surface area contributed by atoms with Crippen molar-refractivity contribution in [1.82, 2.24) is 19.9 Å². The van der Waals surface area contributed by atoms with Crippen molar-refractivity contribution in [2.24, 2.45) is 0 Å². The van der Waals surface area contributed by atoms with Crippen molar-refractivity contribution in [2.75, 3.05) is 6.54 Å². The first-order valence-electron chi connectivity index (χ1n) is 10.6. The minimum atomic E-state index is -0.196. The quantitative estimate of drug-likeness (QED) is 0.484. The average Bonchev–Trinajstić information content (AvgIpc) is 3.12. The average molecular weight is 465 g/mol. The zero-order valence-electron chi connectivity index (χ0n) is 18.1. The SMILES string of the molecule is CC1(C)Cc2nc3sc4c(=O)n(CC(=O)NCCc5ccccc5)cnc4c3cc2CS1. The Bertz CT molecular complexity index is 1380. The Morgan fingerprint density at radius 2 is 2.06 bits per heavy atom. The molecule has 1 N–H and O–H groups in total. The molecule has 3 aromatic heterocycles. The van der Waals surface area contributed by atoms with Crippen LogP contribution in [0.2, 0.25) is 0 Å². The Balaban J connectivity index is 1.37. The highest BCUT2D eigenvalue weighted by molar-refractivity contribution is 7.99. The number of aromatic nitrogens is 3. The van der Waals surface area contributed by atoms with Gasteiger partial charge in [-0.3, -0.25) is 14.2 Å². The van der Waals surface area contributed by atoms with E-state index in [2.05, 4.69) is 30.2 Å². The largest absolute Gasteiger partial charge is 0.354 e. The molecule has 0 bridgehead atoms. The van der Waals surface area contributed by atoms with Crippen LogP contribution in [0.15, 0.2) is 47.5 Å². The second-order valence-electron chi connectivity index (χ2n) is 8.72. The van der Waals surface area contributed by atoms with Gasteiger partial charge in [-0.15, -0.1) is 11.3 Å². The van der Waals surface area contributed by atoms with Gasteiger partial charge in [0, 0.05) is 34.5 Å². The van der Waals surface area contributed by atoms with Gasteiger partial charge in [-0.05, 0) is 23.6 Å². The summed E-state index contributed by atoms with van der Waals surface area (Å²) in [6, 6.07) is 12.1. The van der Waals surface area contributed by atoms with E-state index in [0.29, 0.717) is 16.8 Å². The van der Waals surface area contributed by atoms with E-state index >= 15 is 0 Å². The fourth-order valence-electron chi connectivity index (χ4n) is 3.99. The lowest BCUT2D eigenvalue weighted by Crippen LogP contribution is -2.33. The number of nitrogens with zero attached hydrogens (tertiary/aromatic N) is 3. The molecule has 164 valence electrons. The number of pyridine rings is 1. The number of hydrogen-bond acceptors (Lipinski definition) is 6. The lowest BCUT2D eigenvalue weighted by molar-refractivity contribution is -0.121. The molecule has 1 aromatic carbocycles. The van der Waals surface area contributed by atoms with Crippen molar-refractivity contribution in [3.63, 3.8) is 0 Å². The lowest BCUT2D eigenvalue weighted by Gasteiger charge is -2.29. The van der Waals surface area contributed by atoms with Crippen LogP contribution in [0.25, 0.3) is 20.4 Å². The maximum atomic E-state index is 13.1. The number of rotatable bonds is 5. The van der Waals surface area contributed by atoms with Crippen molar-refractivity contribution in [2.45, 2.75) is 43.7 Å². The first-order valence-corrected chi connectivity index (χ1v) is 12.4. The summed E-state index contributed by atoms with van der Waals surface area (Å²) in [5, 5.41) is 3.82. The number of hydrogen-bond donors (Lipinski definition) is 1. The van der Waals surface area contributed by atoms with Crippen LogP contribution in [0.3, 0.4) is 0 Å². The van der Waals surface area contributed by atoms with E-state index in [1.807, 2.05) is 42.1 Å². The highest BCUT2D eigenvalue weighted by Crippen LogP contribution is 2.40. The van der Waals surface area contributed by atoms with E-state index < -0.39 is 0 Å². The second-order valence-corrected chi connectivity index (χ2v) is 11.4. The first kappa shape index (κ1) is 21.2. The minimum absolute atomic E-state index is 0.0421. The molecule has 0 fully saturated rings. The zero-order chi connectivity index (χ0) is 22.3. The fraction of sp³-hybridized carbons (Fsp3) is 0.333. The van der Waals surface area contributed by atoms with Crippen molar-refractivity contribution in [1.29, 1.82) is 0 Å². The topological polar surface area (TPSA) is 76.9 Å². The number of nitrogens with one attached hydrogen (secondary N) is 1. The van der Waals surface area contributed by atoms with Gasteiger partial charge in [0.2, 0.25) is 5.91 Å². The van der Waals surface area contributed by atoms with Gasteiger partial charge in [-0.1, -0.05) is 44.2 Å². The summed E-state index contributed by atoms with van der Waals surface area (Å²) >= 11 is 3.30. The van der Waals surface area contributed by atoms with Crippen molar-refractivity contribution in [3.8, 4) is 0 Å². The van der Waals surface area contributed by atoms with E-state index in [4.69, 9.17) is 4.98 Å². The Morgan fingerprint density at radius 1 is 1.25 bits per heavy atom. The van der Waals surface area contributed by atoms with Gasteiger partial charge in [0.05, 0.1) is 11.8 Å². The van der Waals surface area contributed by atoms with Crippen molar-refractivity contribution in [3.05, 3.63) is 69.9 Å². The summed E-state index contributed by atoms with van der Waals surface area (Å²) in [7, 11) is 0. The Morgan fingerprint density at radius 3 is 2.88 bits per heavy atom. The summed E-state index contributed by atoms with van der Waals surface area (Å²) in [6.07, 6.45) is 3.14. The van der Waals surface area contributed by atoms with E-state index in [9.17, 15) is 9.59 Å². The number of thiophene rings is 1. The summed E-state index contributed by atoms with van der Waals surface area (Å²) in [5.74, 6) is 0.723. The minimum Gasteiger partial charge on any atom is -0.354 e. The van der Waals surface area contributed by atoms with Crippen LogP contribution in [0.1, 0.15) is 30.7 Å². The van der Waals surface area contributed by atoms with Gasteiger partial charge in [-0.25, -0.2) is 9.97 Å². The number of carbonyl (C=O) groups is 1. The molecule has 4 heterocycles. The van der Waals surface area contributed by atoms with Crippen LogP contribution in [0.5, 0.6) is 0 Å². The number of benzene rings is 1. The highest BCUT2D eigenvalue weighted by Gasteiger charge is 2.28. The Kier molecular flexibility index (Phi) is 5.51. The molecule has 8 heteroatoms. The molecule has 32 heavy (non-hydrogen) atoms. The Labute approximate surface area is 194 Å². The highest BCUT2D eigenvalue weighted by atomic mass is 32.2. The summed E-state index contributed by atoms with van der Waals surface area (Å²) in [6.45, 7) is 4.96. The van der Waals surface area contributed by atoms with Crippen LogP contribution in [-0.4, -0.2) is 31.7 Å². The van der Waals surface area contributed by atoms with Crippen LogP contribution in [0.4, 0.5) is 0 Å². The number of carbonyl (C=O) groups excluding carboxylic acids is 1. The normalized spacial score (nSPS) is 15.1. The number of thioether (sulfide) groups is 1. The molecular weight excluding hydrogens is 440 g/mol. The number of fused-ring (bicyclic) bond motifs is 4. The van der Waals surface area contributed by atoms with E-state index in [0.717, 1.165) is 40.1 Å². The third kappa shape index (κ3) is 4.17. The van der Waals surface area contributed by atoms with Gasteiger partial charge in [0.1, 0.15) is 16.1 Å². The smallest absolute Gasteiger partial charge is 0.271 e. The maximum absolute atomic E-state index is 13.1. The Hall–Kier alpha value is -2.71. The predicted molar refractivity (Wildman–Crippen MR) is 131 cm³/mol. The van der Waals surface area contributed by atoms with E-state index in [-0.39, 0.29) is 22.8 Å². The van der Waals surface area contributed by atoms with Crippen LogP contribution in [-0.2, 0) is 29.9 Å². The molecule has 0 atom stereocenters. The molecule has 1 aliphatic rings. The van der Waals surface area contributed by atoms with Crippen LogP contribution < -0.4 is 10.9 Å². The van der Waals surface area contributed by atoms with E-state index in [1.165, 1.54) is 27.8 Å². The molecule has 0 unspecified atom stereocenters. The maximum Gasteiger partial charge on any atom is 0.271 e. The third-order valence-electron chi connectivity index (χ3n) is 5.71. The van der Waals surface area contributed by atoms with Crippen molar-refractivity contribution < 1.29 is 4.79 Å². The molecule has 4 aromatic rings. The molecule has 6 nitrogen and oxygen atoms in total. The van der Waals surface area contributed by atoms with Crippen LogP contribution in [0, 0.1) is 0 Å². The standard InChI is InChI=1S/C24H24N4O2S2/c1-24(2)11-18-16(13-31-24)10-17-20-21(32-22(17)27-18)23(30)28(14-26-20)12-19(29)25-9-8-15-6-4-3-5-7-15/h3-7,10,14H,8-9,11-13H2,1-2H3,(H,25,29). The predicted octanol–water partition coefficient (Wildman–Crippen LogP) is 3.93. The van der Waals surface area contributed by atoms with Gasteiger partial charge in [0.25, 0.3) is 5.56 Å². The van der Waals surface area contributed by atoms with Gasteiger partial charge in [0.15, 0.2) is 0 Å². The lowest BCUT2D eigenvalue weighted by atomic mass is 10.0. The molecule has 0 saturated heterocycles. The molecule has 0 spiro atoms. The third-order valence-corrected chi connectivity index (χ3v) is 8.17. The molecular formula is C24H24N4O2S2. The molecule has 0 radical (unpaired) electrons. The molecule has 0 saturated carbocycles. The first-order chi connectivity index (χ1) is 15.4. The molecule has 5 rings (SSSR count). The van der Waals surface area contributed by atoms with Gasteiger partial charge < -0.3 is 5.32 Å². The monoisotopic (exact) mass is 464 g/mol. The van der Waals surface area contributed by atoms with Gasteiger partial charge in [-0.2, -0.15) is 11.8 Å². The summed E-state index contributed by atoms with van der Waals surface area (Å²) in [4.78, 5) is 35.7. The summed E-state index contributed by atoms with van der Waals surface area (Å²) in [5.41, 5.74) is 4.00. The van der Waals surface area contributed by atoms with Crippen molar-refractivity contribution >= 4 is 49.4 Å². The molecule has 1 aliphatic heterocycles. The van der Waals surface area contributed by atoms with E-state index in [1.54, 1.807) is 0 Å². The second kappa shape index (κ2) is 8.33. The summed E-state index contributed by atoms with van der Waals surface area (Å²) < 4.78 is 2.11.